The van der Waals surface area contributed by atoms with E-state index in [0.29, 0.717) is 11.1 Å². The Morgan fingerprint density at radius 1 is 0.952 bits per heavy atom. The fourth-order valence-corrected chi connectivity index (χ4v) is 3.19. The minimum absolute atomic E-state index is 0.0475. The third-order valence-electron chi connectivity index (χ3n) is 3.59. The molecule has 0 bridgehead atoms. The lowest BCUT2D eigenvalue weighted by molar-refractivity contribution is 0.564. The van der Waals surface area contributed by atoms with Crippen LogP contribution < -0.4 is 0 Å². The highest BCUT2D eigenvalue weighted by atomic mass is 79.9. The van der Waals surface area contributed by atoms with Gasteiger partial charge in [-0.05, 0) is 35.1 Å². The van der Waals surface area contributed by atoms with Crippen LogP contribution in [0.4, 0.5) is 8.78 Å². The molecule has 0 nitrogen and oxygen atoms in total. The van der Waals surface area contributed by atoms with Crippen LogP contribution in [-0.4, -0.2) is 0 Å². The number of halogens is 3. The average molecular weight is 353 g/mol. The maximum absolute atomic E-state index is 14.1. The predicted octanol–water partition coefficient (Wildman–Crippen LogP) is 6.06. The molecule has 0 heterocycles. The van der Waals surface area contributed by atoms with Crippen LogP contribution in [0.3, 0.4) is 0 Å². The van der Waals surface area contributed by atoms with E-state index in [0.717, 1.165) is 17.2 Å². The second-order valence-electron chi connectivity index (χ2n) is 6.32. The molecule has 0 fully saturated rings. The third-order valence-corrected chi connectivity index (χ3v) is 4.58. The topological polar surface area (TPSA) is 0 Å². The summed E-state index contributed by atoms with van der Waals surface area (Å²) in [6.45, 7) is 8.02. The minimum Gasteiger partial charge on any atom is -0.207 e. The van der Waals surface area contributed by atoms with E-state index < -0.39 is 11.6 Å². The molecule has 0 saturated heterocycles. The lowest BCUT2D eigenvalue weighted by atomic mass is 9.82. The van der Waals surface area contributed by atoms with Gasteiger partial charge in [0.2, 0.25) is 0 Å². The first-order valence-electron chi connectivity index (χ1n) is 6.91. The summed E-state index contributed by atoms with van der Waals surface area (Å²) < 4.78 is 27.6. The van der Waals surface area contributed by atoms with Crippen molar-refractivity contribution in [2.45, 2.75) is 37.9 Å². The van der Waals surface area contributed by atoms with Crippen LogP contribution in [0, 0.1) is 18.6 Å². The monoisotopic (exact) mass is 352 g/mol. The fraction of sp³-hybridized carbons (Fsp3) is 0.333. The molecule has 112 valence electrons. The van der Waals surface area contributed by atoms with Crippen LogP contribution in [0.5, 0.6) is 0 Å². The first-order valence-corrected chi connectivity index (χ1v) is 7.82. The van der Waals surface area contributed by atoms with Crippen LogP contribution in [0.25, 0.3) is 0 Å². The van der Waals surface area contributed by atoms with Crippen molar-refractivity contribution in [2.24, 2.45) is 0 Å². The van der Waals surface area contributed by atoms with Gasteiger partial charge in [0.05, 0.1) is 4.83 Å². The van der Waals surface area contributed by atoms with Gasteiger partial charge in [-0.1, -0.05) is 61.0 Å². The van der Waals surface area contributed by atoms with Crippen molar-refractivity contribution in [3.05, 3.63) is 70.3 Å². The van der Waals surface area contributed by atoms with Gasteiger partial charge in [0, 0.05) is 11.6 Å². The van der Waals surface area contributed by atoms with Crippen LogP contribution >= 0.6 is 15.9 Å². The summed E-state index contributed by atoms with van der Waals surface area (Å²) in [4.78, 5) is -0.299. The molecular formula is C18H19BrF2. The molecule has 21 heavy (non-hydrogen) atoms. The van der Waals surface area contributed by atoms with Gasteiger partial charge < -0.3 is 0 Å². The number of hydrogen-bond donors (Lipinski definition) is 0. The largest absolute Gasteiger partial charge is 0.207 e. The van der Waals surface area contributed by atoms with E-state index in [2.05, 4.69) is 42.8 Å². The van der Waals surface area contributed by atoms with E-state index in [-0.39, 0.29) is 10.2 Å². The third kappa shape index (κ3) is 3.34. The van der Waals surface area contributed by atoms with Crippen molar-refractivity contribution in [3.8, 4) is 0 Å². The number of alkyl halides is 1. The lowest BCUT2D eigenvalue weighted by Gasteiger charge is -2.25. The van der Waals surface area contributed by atoms with E-state index in [4.69, 9.17) is 0 Å². The Balaban J connectivity index is 2.56. The van der Waals surface area contributed by atoms with E-state index in [1.54, 1.807) is 13.0 Å². The van der Waals surface area contributed by atoms with Gasteiger partial charge in [0.1, 0.15) is 11.6 Å². The summed E-state index contributed by atoms with van der Waals surface area (Å²) in [5.74, 6) is -1.04. The van der Waals surface area contributed by atoms with Gasteiger partial charge in [0.25, 0.3) is 0 Å². The number of benzene rings is 2. The highest BCUT2D eigenvalue weighted by Gasteiger charge is 2.24. The maximum atomic E-state index is 14.1. The molecular weight excluding hydrogens is 334 g/mol. The Hall–Kier alpha value is -1.22. The zero-order valence-electron chi connectivity index (χ0n) is 12.7. The van der Waals surface area contributed by atoms with Crippen LogP contribution in [-0.2, 0) is 5.41 Å². The Bertz CT molecular complexity index is 657. The molecule has 1 unspecified atom stereocenters. The van der Waals surface area contributed by atoms with Crippen molar-refractivity contribution >= 4 is 15.9 Å². The molecule has 0 saturated carbocycles. The Morgan fingerprint density at radius 3 is 2.19 bits per heavy atom. The first kappa shape index (κ1) is 16.2. The normalized spacial score (nSPS) is 13.3. The summed E-state index contributed by atoms with van der Waals surface area (Å²) in [5.41, 5.74) is 3.02. The minimum atomic E-state index is -0.524. The van der Waals surface area contributed by atoms with Gasteiger partial charge in [-0.15, -0.1) is 0 Å². The molecule has 0 N–H and O–H groups in total. The molecule has 0 aromatic heterocycles. The van der Waals surface area contributed by atoms with Crippen molar-refractivity contribution in [1.29, 1.82) is 0 Å². The molecule has 2 rings (SSSR count). The van der Waals surface area contributed by atoms with Gasteiger partial charge in [-0.25, -0.2) is 8.78 Å². The smallest absolute Gasteiger partial charge is 0.130 e. The number of aryl methyl sites for hydroxylation is 1. The summed E-state index contributed by atoms with van der Waals surface area (Å²) in [6.07, 6.45) is 0. The second-order valence-corrected chi connectivity index (χ2v) is 7.24. The lowest BCUT2D eigenvalue weighted by Crippen LogP contribution is -2.15. The average Bonchev–Trinajstić information content (AvgIpc) is 2.41. The number of rotatable bonds is 2. The van der Waals surface area contributed by atoms with Crippen LogP contribution in [0.2, 0.25) is 0 Å². The van der Waals surface area contributed by atoms with Gasteiger partial charge >= 0.3 is 0 Å². The summed E-state index contributed by atoms with van der Waals surface area (Å²) in [5, 5.41) is 0. The van der Waals surface area contributed by atoms with E-state index >= 15 is 0 Å². The molecule has 2 aromatic rings. The zero-order valence-corrected chi connectivity index (χ0v) is 14.3. The van der Waals surface area contributed by atoms with Crippen molar-refractivity contribution in [1.82, 2.24) is 0 Å². The van der Waals surface area contributed by atoms with Crippen LogP contribution in [0.1, 0.15) is 47.9 Å². The Morgan fingerprint density at radius 2 is 1.57 bits per heavy atom. The van der Waals surface area contributed by atoms with Crippen molar-refractivity contribution in [3.63, 3.8) is 0 Å². The molecule has 0 radical (unpaired) electrons. The maximum Gasteiger partial charge on any atom is 0.130 e. The Kier molecular flexibility index (Phi) is 4.52. The van der Waals surface area contributed by atoms with Crippen molar-refractivity contribution < 1.29 is 8.78 Å². The summed E-state index contributed by atoms with van der Waals surface area (Å²) in [7, 11) is 0. The zero-order chi connectivity index (χ0) is 15.8. The molecule has 0 aliphatic heterocycles. The standard InChI is InChI=1S/C18H19BrF2/c1-11-9-13(16(21)10-15(11)20)17(19)12-7-5-6-8-14(12)18(2,3)4/h5-10,17H,1-4H3. The molecule has 2 aromatic carbocycles. The molecule has 0 spiro atoms. The van der Waals surface area contributed by atoms with E-state index in [9.17, 15) is 8.78 Å². The molecule has 0 aliphatic rings. The van der Waals surface area contributed by atoms with Crippen LogP contribution in [0.15, 0.2) is 36.4 Å². The van der Waals surface area contributed by atoms with Gasteiger partial charge in [-0.3, -0.25) is 0 Å². The Labute approximate surface area is 133 Å². The molecule has 0 amide bonds. The highest BCUT2D eigenvalue weighted by molar-refractivity contribution is 9.09. The first-order chi connectivity index (χ1) is 9.71. The molecule has 3 heteroatoms. The fourth-order valence-electron chi connectivity index (χ4n) is 2.44. The SMILES string of the molecule is Cc1cc(C(Br)c2ccccc2C(C)(C)C)c(F)cc1F. The van der Waals surface area contributed by atoms with Gasteiger partial charge in [-0.2, -0.15) is 0 Å². The highest BCUT2D eigenvalue weighted by Crippen LogP contribution is 2.39. The summed E-state index contributed by atoms with van der Waals surface area (Å²) >= 11 is 3.58. The molecule has 0 aliphatic carbocycles. The van der Waals surface area contributed by atoms with Crippen molar-refractivity contribution in [2.75, 3.05) is 0 Å². The quantitative estimate of drug-likeness (QED) is 0.576. The number of hydrogen-bond acceptors (Lipinski definition) is 0. The summed E-state index contributed by atoms with van der Waals surface area (Å²) in [6, 6.07) is 10.5. The van der Waals surface area contributed by atoms with E-state index in [1.165, 1.54) is 0 Å². The van der Waals surface area contributed by atoms with E-state index in [1.807, 2.05) is 18.2 Å². The van der Waals surface area contributed by atoms with Gasteiger partial charge in [0.15, 0.2) is 0 Å². The molecule has 1 atom stereocenters. The predicted molar refractivity (Wildman–Crippen MR) is 87.0 cm³/mol. The second kappa shape index (κ2) is 5.88.